The Morgan fingerprint density at radius 3 is 2.44 bits per heavy atom. The number of hydrogen-bond acceptors (Lipinski definition) is 2. The first-order chi connectivity index (χ1) is 8.75. The quantitative estimate of drug-likeness (QED) is 0.488. The highest BCUT2D eigenvalue weighted by Crippen LogP contribution is 2.27. The molecule has 0 aromatic heterocycles. The van der Waals surface area contributed by atoms with E-state index in [9.17, 15) is 0 Å². The molecule has 0 saturated carbocycles. The summed E-state index contributed by atoms with van der Waals surface area (Å²) in [6, 6.07) is 16.5. The minimum absolute atomic E-state index is 0.835. The molecule has 0 atom stereocenters. The number of aryl methyl sites for hydroxylation is 1. The van der Waals surface area contributed by atoms with Gasteiger partial charge in [0.15, 0.2) is 0 Å². The largest absolute Gasteiger partial charge is 0.399 e. The highest BCUT2D eigenvalue weighted by molar-refractivity contribution is 9.10. The molecule has 18 heavy (non-hydrogen) atoms. The van der Waals surface area contributed by atoms with E-state index >= 15 is 0 Å². The van der Waals surface area contributed by atoms with Crippen LogP contribution in [0.25, 0.3) is 0 Å². The van der Waals surface area contributed by atoms with Gasteiger partial charge in [-0.25, -0.2) is 0 Å². The third kappa shape index (κ3) is 4.07. The molecule has 0 aliphatic rings. The zero-order valence-electron chi connectivity index (χ0n) is 10.1. The summed E-state index contributed by atoms with van der Waals surface area (Å²) in [6.07, 6.45) is 2.29. The van der Waals surface area contributed by atoms with Gasteiger partial charge in [0.2, 0.25) is 0 Å². The number of rotatable bonds is 5. The lowest BCUT2D eigenvalue weighted by molar-refractivity contribution is 0.933. The second kappa shape index (κ2) is 6.86. The summed E-state index contributed by atoms with van der Waals surface area (Å²) in [6.45, 7) is 0. The van der Waals surface area contributed by atoms with E-state index in [2.05, 4.69) is 46.3 Å². The molecule has 2 aromatic rings. The molecule has 0 aliphatic carbocycles. The second-order valence-electron chi connectivity index (χ2n) is 4.12. The lowest BCUT2D eigenvalue weighted by atomic mass is 10.1. The van der Waals surface area contributed by atoms with Gasteiger partial charge < -0.3 is 5.73 Å². The van der Waals surface area contributed by atoms with Gasteiger partial charge in [-0.3, -0.25) is 0 Å². The second-order valence-corrected chi connectivity index (χ2v) is 6.12. The van der Waals surface area contributed by atoms with E-state index in [4.69, 9.17) is 5.73 Å². The van der Waals surface area contributed by atoms with Crippen LogP contribution in [0.3, 0.4) is 0 Å². The molecule has 3 heteroatoms. The van der Waals surface area contributed by atoms with Crippen molar-refractivity contribution in [1.29, 1.82) is 0 Å². The van der Waals surface area contributed by atoms with Crippen LogP contribution in [-0.4, -0.2) is 5.75 Å². The van der Waals surface area contributed by atoms with E-state index in [1.807, 2.05) is 30.0 Å². The van der Waals surface area contributed by atoms with Crippen LogP contribution in [0.5, 0.6) is 0 Å². The van der Waals surface area contributed by atoms with E-state index < -0.39 is 0 Å². The maximum absolute atomic E-state index is 5.66. The Bertz CT molecular complexity index is 496. The molecule has 0 aliphatic heterocycles. The van der Waals surface area contributed by atoms with Gasteiger partial charge in [0.1, 0.15) is 0 Å². The molecule has 2 N–H and O–H groups in total. The SMILES string of the molecule is Nc1ccc(CCCSc2ccccc2Br)cc1. The van der Waals surface area contributed by atoms with Crippen LogP contribution in [0.2, 0.25) is 0 Å². The fraction of sp³-hybridized carbons (Fsp3) is 0.200. The van der Waals surface area contributed by atoms with Crippen molar-refractivity contribution in [2.45, 2.75) is 17.7 Å². The van der Waals surface area contributed by atoms with Crippen LogP contribution in [0.4, 0.5) is 5.69 Å². The number of halogens is 1. The van der Waals surface area contributed by atoms with E-state index in [1.54, 1.807) is 0 Å². The van der Waals surface area contributed by atoms with Crippen molar-refractivity contribution in [3.8, 4) is 0 Å². The summed E-state index contributed by atoms with van der Waals surface area (Å²) in [5.41, 5.74) is 7.86. The molecule has 0 heterocycles. The van der Waals surface area contributed by atoms with E-state index in [0.29, 0.717) is 0 Å². The van der Waals surface area contributed by atoms with Gasteiger partial charge in [0.05, 0.1) is 0 Å². The zero-order chi connectivity index (χ0) is 12.8. The average molecular weight is 322 g/mol. The van der Waals surface area contributed by atoms with Gasteiger partial charge in [-0.15, -0.1) is 11.8 Å². The first kappa shape index (κ1) is 13.5. The lowest BCUT2D eigenvalue weighted by Gasteiger charge is -2.04. The van der Waals surface area contributed by atoms with Crippen molar-refractivity contribution in [2.75, 3.05) is 11.5 Å². The van der Waals surface area contributed by atoms with Crippen molar-refractivity contribution in [2.24, 2.45) is 0 Å². The predicted molar refractivity (Wildman–Crippen MR) is 84.0 cm³/mol. The smallest absolute Gasteiger partial charge is 0.0314 e. The minimum Gasteiger partial charge on any atom is -0.399 e. The van der Waals surface area contributed by atoms with E-state index in [-0.39, 0.29) is 0 Å². The molecule has 1 nitrogen and oxygen atoms in total. The van der Waals surface area contributed by atoms with Gasteiger partial charge >= 0.3 is 0 Å². The molecule has 0 radical (unpaired) electrons. The molecule has 0 spiro atoms. The molecule has 0 fully saturated rings. The van der Waals surface area contributed by atoms with E-state index in [1.165, 1.54) is 21.4 Å². The zero-order valence-corrected chi connectivity index (χ0v) is 12.5. The molecule has 2 rings (SSSR count). The number of hydrogen-bond donors (Lipinski definition) is 1. The fourth-order valence-electron chi connectivity index (χ4n) is 1.70. The van der Waals surface area contributed by atoms with Gasteiger partial charge in [-0.1, -0.05) is 24.3 Å². The van der Waals surface area contributed by atoms with Gasteiger partial charge in [-0.05, 0) is 64.4 Å². The van der Waals surface area contributed by atoms with Crippen molar-refractivity contribution in [3.63, 3.8) is 0 Å². The van der Waals surface area contributed by atoms with Crippen molar-refractivity contribution in [3.05, 3.63) is 58.6 Å². The maximum Gasteiger partial charge on any atom is 0.0314 e. The highest BCUT2D eigenvalue weighted by Gasteiger charge is 1.99. The average Bonchev–Trinajstić information content (AvgIpc) is 2.39. The van der Waals surface area contributed by atoms with Gasteiger partial charge in [-0.2, -0.15) is 0 Å². The molecular formula is C15H16BrNS. The molecule has 0 saturated heterocycles. The Morgan fingerprint density at radius 1 is 1.00 bits per heavy atom. The van der Waals surface area contributed by atoms with Gasteiger partial charge in [0, 0.05) is 15.1 Å². The summed E-state index contributed by atoms with van der Waals surface area (Å²) in [5.74, 6) is 1.13. The summed E-state index contributed by atoms with van der Waals surface area (Å²) >= 11 is 5.46. The molecule has 94 valence electrons. The molecular weight excluding hydrogens is 306 g/mol. The highest BCUT2D eigenvalue weighted by atomic mass is 79.9. The first-order valence-corrected chi connectivity index (χ1v) is 7.75. The Kier molecular flexibility index (Phi) is 5.14. The number of anilines is 1. The van der Waals surface area contributed by atoms with Crippen molar-refractivity contribution >= 4 is 33.4 Å². The lowest BCUT2D eigenvalue weighted by Crippen LogP contribution is -1.90. The first-order valence-electron chi connectivity index (χ1n) is 5.97. The fourth-order valence-corrected chi connectivity index (χ4v) is 3.22. The maximum atomic E-state index is 5.66. The Balaban J connectivity index is 1.76. The number of thioether (sulfide) groups is 1. The Morgan fingerprint density at radius 2 is 1.72 bits per heavy atom. The standard InChI is InChI=1S/C15H16BrNS/c16-14-5-1-2-6-15(14)18-11-3-4-12-7-9-13(17)10-8-12/h1-2,5-10H,3-4,11,17H2. The molecule has 0 unspecified atom stereocenters. The van der Waals surface area contributed by atoms with Crippen LogP contribution in [0.15, 0.2) is 57.9 Å². The van der Waals surface area contributed by atoms with Crippen LogP contribution in [0.1, 0.15) is 12.0 Å². The number of benzene rings is 2. The van der Waals surface area contributed by atoms with Crippen LogP contribution >= 0.6 is 27.7 Å². The summed E-state index contributed by atoms with van der Waals surface area (Å²) in [4.78, 5) is 1.31. The summed E-state index contributed by atoms with van der Waals surface area (Å²) in [7, 11) is 0. The van der Waals surface area contributed by atoms with Crippen molar-refractivity contribution in [1.82, 2.24) is 0 Å². The van der Waals surface area contributed by atoms with Crippen LogP contribution in [-0.2, 0) is 6.42 Å². The third-order valence-corrected chi connectivity index (χ3v) is 4.80. The molecule has 0 bridgehead atoms. The van der Waals surface area contributed by atoms with Crippen LogP contribution in [0, 0.1) is 0 Å². The normalized spacial score (nSPS) is 10.5. The van der Waals surface area contributed by atoms with E-state index in [0.717, 1.165) is 17.9 Å². The predicted octanol–water partition coefficient (Wildman–Crippen LogP) is 4.76. The van der Waals surface area contributed by atoms with Crippen molar-refractivity contribution < 1.29 is 0 Å². The summed E-state index contributed by atoms with van der Waals surface area (Å²) < 4.78 is 1.18. The Hall–Kier alpha value is -0.930. The van der Waals surface area contributed by atoms with Gasteiger partial charge in [0.25, 0.3) is 0 Å². The summed E-state index contributed by atoms with van der Waals surface area (Å²) in [5, 5.41) is 0. The molecule has 0 amide bonds. The number of nitrogens with two attached hydrogens (primary N) is 1. The minimum atomic E-state index is 0.835. The molecule has 2 aromatic carbocycles. The Labute approximate surface area is 121 Å². The monoisotopic (exact) mass is 321 g/mol. The van der Waals surface area contributed by atoms with Crippen LogP contribution < -0.4 is 5.73 Å². The third-order valence-electron chi connectivity index (χ3n) is 2.68. The topological polar surface area (TPSA) is 26.0 Å². The number of nitrogen functional groups attached to an aromatic ring is 1.